The van der Waals surface area contributed by atoms with E-state index in [-0.39, 0.29) is 6.92 Å². The van der Waals surface area contributed by atoms with E-state index < -0.39 is 56.8 Å². The number of nitro groups is 2. The molecule has 1 amide bonds. The third-order valence-electron chi connectivity index (χ3n) is 3.25. The predicted molar refractivity (Wildman–Crippen MR) is 72.6 cm³/mol. The Bertz CT molecular complexity index is 749. The first-order valence-electron chi connectivity index (χ1n) is 6.59. The smallest absolute Gasteiger partial charge is 0.343 e. The number of rotatable bonds is 6. The van der Waals surface area contributed by atoms with Crippen molar-refractivity contribution in [1.29, 1.82) is 0 Å². The first-order valence-corrected chi connectivity index (χ1v) is 6.59. The summed E-state index contributed by atoms with van der Waals surface area (Å²) in [6.45, 7) is 0.142. The molecule has 150 valence electrons. The molecule has 27 heavy (non-hydrogen) atoms. The van der Waals surface area contributed by atoms with Gasteiger partial charge in [-0.3, -0.25) is 25.0 Å². The lowest BCUT2D eigenvalue weighted by molar-refractivity contribution is -0.394. The standard InChI is InChI=1S/C12H8F7N3O5/c1-5(10(13,14)11(15,16)12(17,18)19)20-9(23)6-2-7(21(24)25)4-8(3-6)22(26)27/h2-5H,1H3,(H,20,23). The normalized spacial score (nSPS) is 13.8. The second kappa shape index (κ2) is 6.96. The molecule has 1 aromatic carbocycles. The Labute approximate surface area is 144 Å². The highest BCUT2D eigenvalue weighted by Gasteiger charge is 2.74. The molecule has 0 radical (unpaired) electrons. The van der Waals surface area contributed by atoms with Gasteiger partial charge in [-0.25, -0.2) is 0 Å². The largest absolute Gasteiger partial charge is 0.459 e. The zero-order chi connectivity index (χ0) is 21.4. The minimum Gasteiger partial charge on any atom is -0.343 e. The first kappa shape index (κ1) is 22.0. The Morgan fingerprint density at radius 1 is 0.963 bits per heavy atom. The maximum atomic E-state index is 13.5. The van der Waals surface area contributed by atoms with Gasteiger partial charge >= 0.3 is 18.0 Å². The fraction of sp³-hybridized carbons (Fsp3) is 0.417. The molecule has 15 heteroatoms. The summed E-state index contributed by atoms with van der Waals surface area (Å²) in [4.78, 5) is 30.8. The Morgan fingerprint density at radius 2 is 1.37 bits per heavy atom. The second-order valence-electron chi connectivity index (χ2n) is 5.14. The van der Waals surface area contributed by atoms with Gasteiger partial charge < -0.3 is 5.32 Å². The average Bonchev–Trinajstić information content (AvgIpc) is 2.52. The van der Waals surface area contributed by atoms with Crippen molar-refractivity contribution in [3.05, 3.63) is 44.0 Å². The molecule has 0 aromatic heterocycles. The number of alkyl halides is 7. The van der Waals surface area contributed by atoms with Crippen molar-refractivity contribution in [2.75, 3.05) is 0 Å². The maximum absolute atomic E-state index is 13.5. The van der Waals surface area contributed by atoms with Crippen LogP contribution < -0.4 is 5.32 Å². The Balaban J connectivity index is 3.22. The van der Waals surface area contributed by atoms with Crippen LogP contribution in [0.25, 0.3) is 0 Å². The molecule has 1 atom stereocenters. The minimum absolute atomic E-state index is 0.142. The SMILES string of the molecule is CC(NC(=O)c1cc([N+](=O)[O-])cc([N+](=O)[O-])c1)C(F)(F)C(F)(F)C(F)(F)F. The van der Waals surface area contributed by atoms with Crippen molar-refractivity contribution in [2.24, 2.45) is 0 Å². The molecular weight excluding hydrogens is 399 g/mol. The van der Waals surface area contributed by atoms with Gasteiger partial charge in [0.1, 0.15) is 0 Å². The Hall–Kier alpha value is -3.00. The Kier molecular flexibility index (Phi) is 5.68. The summed E-state index contributed by atoms with van der Waals surface area (Å²) in [5.41, 5.74) is -2.97. The molecule has 0 saturated carbocycles. The molecule has 0 fully saturated rings. The highest BCUT2D eigenvalue weighted by atomic mass is 19.4. The van der Waals surface area contributed by atoms with E-state index in [9.17, 15) is 55.8 Å². The summed E-state index contributed by atoms with van der Waals surface area (Å²) in [6, 6.07) is -1.86. The van der Waals surface area contributed by atoms with E-state index in [2.05, 4.69) is 0 Å². The number of nitrogens with zero attached hydrogens (tertiary/aromatic N) is 2. The molecule has 0 aliphatic heterocycles. The highest BCUT2D eigenvalue weighted by Crippen LogP contribution is 2.48. The Morgan fingerprint density at radius 3 is 1.70 bits per heavy atom. The summed E-state index contributed by atoms with van der Waals surface area (Å²) < 4.78 is 89.3. The van der Waals surface area contributed by atoms with Crippen LogP contribution in [-0.2, 0) is 0 Å². The predicted octanol–water partition coefficient (Wildman–Crippen LogP) is 3.45. The number of carbonyl (C=O) groups excluding carboxylic acids is 1. The molecule has 0 heterocycles. The van der Waals surface area contributed by atoms with E-state index in [0.717, 1.165) is 5.32 Å². The van der Waals surface area contributed by atoms with Crippen molar-refractivity contribution >= 4 is 17.3 Å². The van der Waals surface area contributed by atoms with Crippen LogP contribution >= 0.6 is 0 Å². The van der Waals surface area contributed by atoms with Crippen LogP contribution in [0.3, 0.4) is 0 Å². The van der Waals surface area contributed by atoms with Gasteiger partial charge in [-0.1, -0.05) is 0 Å². The van der Waals surface area contributed by atoms with Gasteiger partial charge in [0.05, 0.1) is 27.5 Å². The number of amides is 1. The van der Waals surface area contributed by atoms with Crippen LogP contribution in [0.2, 0.25) is 0 Å². The van der Waals surface area contributed by atoms with Gasteiger partial charge in [0, 0.05) is 12.1 Å². The summed E-state index contributed by atoms with van der Waals surface area (Å²) in [5.74, 6) is -14.0. The van der Waals surface area contributed by atoms with Gasteiger partial charge in [0.25, 0.3) is 17.3 Å². The van der Waals surface area contributed by atoms with Crippen LogP contribution in [0.5, 0.6) is 0 Å². The van der Waals surface area contributed by atoms with Gasteiger partial charge in [0.15, 0.2) is 0 Å². The van der Waals surface area contributed by atoms with Crippen molar-refractivity contribution in [3.63, 3.8) is 0 Å². The third-order valence-corrected chi connectivity index (χ3v) is 3.25. The lowest BCUT2D eigenvalue weighted by atomic mass is 10.0. The molecule has 8 nitrogen and oxygen atoms in total. The van der Waals surface area contributed by atoms with Crippen LogP contribution in [0.4, 0.5) is 42.1 Å². The van der Waals surface area contributed by atoms with Gasteiger partial charge in [-0.05, 0) is 6.92 Å². The van der Waals surface area contributed by atoms with E-state index in [1.54, 1.807) is 0 Å². The van der Waals surface area contributed by atoms with Gasteiger partial charge in [0.2, 0.25) is 0 Å². The van der Waals surface area contributed by atoms with Crippen LogP contribution in [0.15, 0.2) is 18.2 Å². The zero-order valence-electron chi connectivity index (χ0n) is 12.9. The lowest BCUT2D eigenvalue weighted by Gasteiger charge is -2.32. The summed E-state index contributed by atoms with van der Waals surface area (Å²) >= 11 is 0. The second-order valence-corrected chi connectivity index (χ2v) is 5.14. The van der Waals surface area contributed by atoms with E-state index in [0.29, 0.717) is 18.2 Å². The van der Waals surface area contributed by atoms with Crippen molar-refractivity contribution in [2.45, 2.75) is 31.0 Å². The molecular formula is C12H8F7N3O5. The van der Waals surface area contributed by atoms with E-state index in [4.69, 9.17) is 0 Å². The minimum atomic E-state index is -6.63. The molecule has 0 saturated heterocycles. The molecule has 1 rings (SSSR count). The number of benzene rings is 1. The van der Waals surface area contributed by atoms with Gasteiger partial charge in [-0.15, -0.1) is 0 Å². The number of hydrogen-bond acceptors (Lipinski definition) is 5. The number of nitrogens with one attached hydrogen (secondary N) is 1. The fourth-order valence-corrected chi connectivity index (χ4v) is 1.77. The third kappa shape index (κ3) is 4.22. The molecule has 1 unspecified atom stereocenters. The zero-order valence-corrected chi connectivity index (χ0v) is 12.9. The van der Waals surface area contributed by atoms with E-state index in [1.807, 2.05) is 0 Å². The molecule has 1 aromatic rings. The van der Waals surface area contributed by atoms with Gasteiger partial charge in [-0.2, -0.15) is 30.7 Å². The molecule has 1 N–H and O–H groups in total. The van der Waals surface area contributed by atoms with E-state index in [1.165, 1.54) is 0 Å². The summed E-state index contributed by atoms with van der Waals surface area (Å²) in [6.07, 6.45) is -6.63. The molecule has 0 aliphatic carbocycles. The van der Waals surface area contributed by atoms with Crippen molar-refractivity contribution in [1.82, 2.24) is 5.32 Å². The number of halogens is 7. The topological polar surface area (TPSA) is 115 Å². The molecule has 0 spiro atoms. The molecule has 0 bridgehead atoms. The van der Waals surface area contributed by atoms with E-state index >= 15 is 0 Å². The summed E-state index contributed by atoms with van der Waals surface area (Å²) in [7, 11) is 0. The number of carbonyl (C=O) groups is 1. The number of hydrogen-bond donors (Lipinski definition) is 1. The number of nitro benzene ring substituents is 2. The monoisotopic (exact) mass is 407 g/mol. The van der Waals surface area contributed by atoms with Crippen molar-refractivity contribution < 1.29 is 45.4 Å². The first-order chi connectivity index (χ1) is 12.0. The summed E-state index contributed by atoms with van der Waals surface area (Å²) in [5, 5.41) is 22.5. The maximum Gasteiger partial charge on any atom is 0.459 e. The van der Waals surface area contributed by atoms with Crippen LogP contribution in [0.1, 0.15) is 17.3 Å². The lowest BCUT2D eigenvalue weighted by Crippen LogP contribution is -2.61. The molecule has 0 aliphatic rings. The fourth-order valence-electron chi connectivity index (χ4n) is 1.77. The van der Waals surface area contributed by atoms with Crippen molar-refractivity contribution in [3.8, 4) is 0 Å². The van der Waals surface area contributed by atoms with Crippen LogP contribution in [0, 0.1) is 20.2 Å². The highest BCUT2D eigenvalue weighted by molar-refractivity contribution is 5.95. The van der Waals surface area contributed by atoms with Crippen LogP contribution in [-0.4, -0.2) is 39.8 Å². The average molecular weight is 407 g/mol. The quantitative estimate of drug-likeness (QED) is 0.441. The number of non-ortho nitro benzene ring substituents is 2.